The number of aryl methyl sites for hydroxylation is 1. The van der Waals surface area contributed by atoms with E-state index in [1.165, 1.54) is 0 Å². The van der Waals surface area contributed by atoms with Gasteiger partial charge in [0.2, 0.25) is 0 Å². The van der Waals surface area contributed by atoms with Gasteiger partial charge in [-0.2, -0.15) is 0 Å². The predicted octanol–water partition coefficient (Wildman–Crippen LogP) is 4.92. The molecule has 2 aliphatic heterocycles. The first kappa shape index (κ1) is 19.1. The molecule has 1 fully saturated rings. The summed E-state index contributed by atoms with van der Waals surface area (Å²) < 4.78 is 8.69. The van der Waals surface area contributed by atoms with Gasteiger partial charge in [0, 0.05) is 48.8 Å². The summed E-state index contributed by atoms with van der Waals surface area (Å²) in [4.78, 5) is 14.9. The lowest BCUT2D eigenvalue weighted by molar-refractivity contribution is -0.00930. The van der Waals surface area contributed by atoms with Crippen LogP contribution in [-0.4, -0.2) is 33.6 Å². The number of phenols is 1. The molecule has 0 unspecified atom stereocenters. The van der Waals surface area contributed by atoms with E-state index in [2.05, 4.69) is 10.6 Å². The zero-order valence-electron chi connectivity index (χ0n) is 16.8. The molecule has 3 heterocycles. The normalized spacial score (nSPS) is 16.7. The van der Waals surface area contributed by atoms with Crippen LogP contribution in [0.1, 0.15) is 41.4 Å². The average Bonchev–Trinajstić information content (AvgIpc) is 3.25. The Balaban J connectivity index is 1.39. The van der Waals surface area contributed by atoms with Gasteiger partial charge in [-0.3, -0.25) is 4.79 Å². The molecule has 6 heteroatoms. The number of halogens is 1. The molecular weight excluding hydrogens is 400 g/mol. The van der Waals surface area contributed by atoms with Crippen LogP contribution in [0, 0.1) is 0 Å². The number of phenolic OH excluding ortho intramolecular Hbond substituents is 1. The van der Waals surface area contributed by atoms with Crippen LogP contribution >= 0.6 is 11.6 Å². The number of piperidine rings is 1. The van der Waals surface area contributed by atoms with E-state index < -0.39 is 5.60 Å². The third-order valence-corrected chi connectivity index (χ3v) is 6.51. The van der Waals surface area contributed by atoms with Gasteiger partial charge in [-0.25, -0.2) is 0 Å². The average molecular weight is 423 g/mol. The first-order valence-electron chi connectivity index (χ1n) is 10.3. The number of amides is 1. The van der Waals surface area contributed by atoms with E-state index in [0.717, 1.165) is 29.1 Å². The number of aromatic nitrogens is 1. The summed E-state index contributed by atoms with van der Waals surface area (Å²) in [5.74, 6) is 0.891. The van der Waals surface area contributed by atoms with E-state index in [1.807, 2.05) is 48.4 Å². The molecule has 0 bridgehead atoms. The standard InChI is InChI=1S/C24H23ClN2O3/c1-2-16-5-6-17(14-20(16)28)23(29)26-12-9-24(10-13-26)22-4-3-11-27(22)19-8-7-18(25)15-21(19)30-24/h3-8,11,14-15,28H,2,9-10,12-13H2,1H3. The topological polar surface area (TPSA) is 54.7 Å². The minimum absolute atomic E-state index is 0.0579. The van der Waals surface area contributed by atoms with Crippen molar-refractivity contribution < 1.29 is 14.6 Å². The Labute approximate surface area is 180 Å². The van der Waals surface area contributed by atoms with Crippen molar-refractivity contribution in [2.75, 3.05) is 13.1 Å². The molecule has 154 valence electrons. The first-order valence-corrected chi connectivity index (χ1v) is 10.7. The molecule has 1 spiro atoms. The number of carbonyl (C=O) groups excluding carboxylic acids is 1. The molecule has 0 radical (unpaired) electrons. The summed E-state index contributed by atoms with van der Waals surface area (Å²) >= 11 is 6.21. The molecule has 3 aromatic rings. The van der Waals surface area contributed by atoms with Crippen molar-refractivity contribution in [1.29, 1.82) is 0 Å². The lowest BCUT2D eigenvalue weighted by Crippen LogP contribution is -2.50. The number of rotatable bonds is 2. The van der Waals surface area contributed by atoms with Crippen LogP contribution in [-0.2, 0) is 12.0 Å². The Kier molecular flexibility index (Phi) is 4.51. The SMILES string of the molecule is CCc1ccc(C(=O)N2CCC3(CC2)Oc2cc(Cl)ccc2-n2cccc23)cc1O. The molecule has 1 saturated heterocycles. The van der Waals surface area contributed by atoms with Crippen LogP contribution in [0.5, 0.6) is 11.5 Å². The number of benzene rings is 2. The van der Waals surface area contributed by atoms with Crippen molar-refractivity contribution >= 4 is 17.5 Å². The maximum absolute atomic E-state index is 13.0. The van der Waals surface area contributed by atoms with Crippen molar-refractivity contribution in [3.8, 4) is 17.2 Å². The van der Waals surface area contributed by atoms with Gasteiger partial charge >= 0.3 is 0 Å². The van der Waals surface area contributed by atoms with E-state index in [-0.39, 0.29) is 11.7 Å². The van der Waals surface area contributed by atoms with Gasteiger partial charge in [-0.05, 0) is 48.4 Å². The third kappa shape index (κ3) is 2.96. The fourth-order valence-electron chi connectivity index (χ4n) is 4.60. The van der Waals surface area contributed by atoms with Gasteiger partial charge in [0.05, 0.1) is 11.4 Å². The van der Waals surface area contributed by atoms with Crippen LogP contribution in [0.15, 0.2) is 54.7 Å². The van der Waals surface area contributed by atoms with E-state index >= 15 is 0 Å². The maximum Gasteiger partial charge on any atom is 0.253 e. The molecule has 0 saturated carbocycles. The van der Waals surface area contributed by atoms with Crippen molar-refractivity contribution in [2.24, 2.45) is 0 Å². The van der Waals surface area contributed by atoms with Crippen molar-refractivity contribution in [3.63, 3.8) is 0 Å². The lowest BCUT2D eigenvalue weighted by atomic mass is 9.86. The summed E-state index contributed by atoms with van der Waals surface area (Å²) in [5.41, 5.74) is 2.97. The highest BCUT2D eigenvalue weighted by Gasteiger charge is 2.44. The molecule has 2 aromatic carbocycles. The van der Waals surface area contributed by atoms with Gasteiger partial charge in [-0.1, -0.05) is 24.6 Å². The van der Waals surface area contributed by atoms with Gasteiger partial charge in [0.15, 0.2) is 5.60 Å². The third-order valence-electron chi connectivity index (χ3n) is 6.27. The molecule has 1 aromatic heterocycles. The van der Waals surface area contributed by atoms with Crippen LogP contribution in [0.25, 0.3) is 5.69 Å². The quantitative estimate of drug-likeness (QED) is 0.637. The number of fused-ring (bicyclic) bond motifs is 4. The summed E-state index contributed by atoms with van der Waals surface area (Å²) in [6.07, 6.45) is 4.15. The van der Waals surface area contributed by atoms with E-state index in [0.29, 0.717) is 36.5 Å². The number of carbonyl (C=O) groups is 1. The minimum Gasteiger partial charge on any atom is -0.508 e. The summed E-state index contributed by atoms with van der Waals surface area (Å²) in [6, 6.07) is 15.0. The highest BCUT2D eigenvalue weighted by Crippen LogP contribution is 2.45. The van der Waals surface area contributed by atoms with Crippen molar-refractivity contribution in [3.05, 3.63) is 76.6 Å². The Bertz CT molecular complexity index is 1130. The fourth-order valence-corrected chi connectivity index (χ4v) is 4.76. The number of ether oxygens (including phenoxy) is 1. The highest BCUT2D eigenvalue weighted by atomic mass is 35.5. The van der Waals surface area contributed by atoms with Crippen LogP contribution in [0.4, 0.5) is 0 Å². The Morgan fingerprint density at radius 2 is 1.97 bits per heavy atom. The van der Waals surface area contributed by atoms with Gasteiger partial charge in [-0.15, -0.1) is 0 Å². The van der Waals surface area contributed by atoms with Crippen molar-refractivity contribution in [1.82, 2.24) is 9.47 Å². The monoisotopic (exact) mass is 422 g/mol. The first-order chi connectivity index (χ1) is 14.5. The van der Waals surface area contributed by atoms with Crippen LogP contribution in [0.3, 0.4) is 0 Å². The smallest absolute Gasteiger partial charge is 0.253 e. The number of nitrogens with zero attached hydrogens (tertiary/aromatic N) is 2. The predicted molar refractivity (Wildman–Crippen MR) is 116 cm³/mol. The van der Waals surface area contributed by atoms with Crippen molar-refractivity contribution in [2.45, 2.75) is 31.8 Å². The molecule has 2 aliphatic rings. The Hall–Kier alpha value is -2.92. The van der Waals surface area contributed by atoms with Gasteiger partial charge in [0.1, 0.15) is 11.5 Å². The van der Waals surface area contributed by atoms with Gasteiger partial charge in [0.25, 0.3) is 5.91 Å². The zero-order valence-corrected chi connectivity index (χ0v) is 17.5. The number of hydrogen-bond donors (Lipinski definition) is 1. The minimum atomic E-state index is -0.480. The second-order valence-corrected chi connectivity index (χ2v) is 8.40. The summed E-state index contributed by atoms with van der Waals surface area (Å²) in [6.45, 7) is 3.14. The largest absolute Gasteiger partial charge is 0.508 e. The summed E-state index contributed by atoms with van der Waals surface area (Å²) in [7, 11) is 0. The number of likely N-dealkylation sites (tertiary alicyclic amines) is 1. The highest BCUT2D eigenvalue weighted by molar-refractivity contribution is 6.30. The van der Waals surface area contributed by atoms with E-state index in [1.54, 1.807) is 12.1 Å². The second-order valence-electron chi connectivity index (χ2n) is 7.96. The number of aromatic hydroxyl groups is 1. The molecular formula is C24H23ClN2O3. The molecule has 1 amide bonds. The van der Waals surface area contributed by atoms with E-state index in [4.69, 9.17) is 16.3 Å². The van der Waals surface area contributed by atoms with Crippen LogP contribution in [0.2, 0.25) is 5.02 Å². The van der Waals surface area contributed by atoms with Gasteiger partial charge < -0.3 is 19.3 Å². The van der Waals surface area contributed by atoms with E-state index in [9.17, 15) is 9.90 Å². The zero-order chi connectivity index (χ0) is 20.9. The molecule has 5 rings (SSSR count). The molecule has 1 N–H and O–H groups in total. The summed E-state index contributed by atoms with van der Waals surface area (Å²) in [5, 5.41) is 10.8. The Morgan fingerprint density at radius 3 is 2.70 bits per heavy atom. The molecule has 30 heavy (non-hydrogen) atoms. The molecule has 0 atom stereocenters. The fraction of sp³-hybridized carbons (Fsp3) is 0.292. The lowest BCUT2D eigenvalue weighted by Gasteiger charge is -2.45. The second kappa shape index (κ2) is 7.10. The number of hydrogen-bond acceptors (Lipinski definition) is 3. The molecule has 5 nitrogen and oxygen atoms in total. The Morgan fingerprint density at radius 1 is 1.17 bits per heavy atom. The van der Waals surface area contributed by atoms with Crippen LogP contribution < -0.4 is 4.74 Å². The maximum atomic E-state index is 13.0. The molecule has 0 aliphatic carbocycles.